The van der Waals surface area contributed by atoms with Gasteiger partial charge >= 0.3 is 6.03 Å². The van der Waals surface area contributed by atoms with Crippen molar-refractivity contribution in [3.63, 3.8) is 0 Å². The molecule has 0 aliphatic carbocycles. The highest BCUT2D eigenvalue weighted by molar-refractivity contribution is 6.30. The molecule has 0 fully saturated rings. The Hall–Kier alpha value is -2.83. The van der Waals surface area contributed by atoms with Crippen LogP contribution in [0.1, 0.15) is 17.7 Å². The lowest BCUT2D eigenvalue weighted by atomic mass is 10.2. The molecule has 5 nitrogen and oxygen atoms in total. The average Bonchev–Trinajstić information content (AvgIpc) is 3.14. The van der Waals surface area contributed by atoms with Crippen molar-refractivity contribution in [2.75, 3.05) is 25.6 Å². The van der Waals surface area contributed by atoms with E-state index in [0.717, 1.165) is 11.3 Å². The van der Waals surface area contributed by atoms with E-state index in [1.165, 1.54) is 12.1 Å². The number of benzene rings is 2. The molecule has 7 heteroatoms. The van der Waals surface area contributed by atoms with E-state index in [1.54, 1.807) is 42.3 Å². The number of anilines is 1. The molecule has 1 N–H and O–H groups in total. The number of carbonyl (C=O) groups excluding carboxylic acids is 1. The minimum atomic E-state index is -0.261. The second-order valence-corrected chi connectivity index (χ2v) is 7.40. The Morgan fingerprint density at radius 3 is 2.77 bits per heavy atom. The molecule has 0 spiro atoms. The van der Waals surface area contributed by atoms with Gasteiger partial charge in [0.1, 0.15) is 5.82 Å². The molecule has 2 amide bonds. The highest BCUT2D eigenvalue weighted by atomic mass is 35.5. The minimum Gasteiger partial charge on any atom is -0.385 e. The number of halogens is 2. The molecule has 0 atom stereocenters. The first kappa shape index (κ1) is 21.9. The summed E-state index contributed by atoms with van der Waals surface area (Å²) in [6.45, 7) is 2.04. The van der Waals surface area contributed by atoms with Crippen molar-refractivity contribution >= 4 is 23.3 Å². The van der Waals surface area contributed by atoms with Crippen molar-refractivity contribution < 1.29 is 13.9 Å². The molecule has 0 bridgehead atoms. The second kappa shape index (κ2) is 10.8. The van der Waals surface area contributed by atoms with Crippen LogP contribution in [0.2, 0.25) is 5.02 Å². The summed E-state index contributed by atoms with van der Waals surface area (Å²) in [6, 6.07) is 17.3. The highest BCUT2D eigenvalue weighted by Crippen LogP contribution is 2.17. The molecule has 0 unspecified atom stereocenters. The maximum Gasteiger partial charge on any atom is 0.322 e. The van der Waals surface area contributed by atoms with Crippen molar-refractivity contribution in [3.05, 3.63) is 89.0 Å². The Morgan fingerprint density at radius 2 is 2.00 bits per heavy atom. The monoisotopic (exact) mass is 429 g/mol. The Morgan fingerprint density at radius 1 is 1.17 bits per heavy atom. The van der Waals surface area contributed by atoms with Gasteiger partial charge in [0, 0.05) is 49.4 Å². The lowest BCUT2D eigenvalue weighted by molar-refractivity contribution is 0.171. The predicted molar refractivity (Wildman–Crippen MR) is 117 cm³/mol. The van der Waals surface area contributed by atoms with Gasteiger partial charge in [-0.2, -0.15) is 0 Å². The average molecular weight is 430 g/mol. The summed E-state index contributed by atoms with van der Waals surface area (Å²) in [5, 5.41) is 3.46. The van der Waals surface area contributed by atoms with E-state index in [1.807, 2.05) is 29.0 Å². The van der Waals surface area contributed by atoms with Gasteiger partial charge in [-0.05, 0) is 54.4 Å². The third-order valence-corrected chi connectivity index (χ3v) is 4.89. The van der Waals surface area contributed by atoms with Crippen LogP contribution in [0, 0.1) is 5.82 Å². The van der Waals surface area contributed by atoms with E-state index in [-0.39, 0.29) is 11.8 Å². The van der Waals surface area contributed by atoms with Gasteiger partial charge in [0.2, 0.25) is 0 Å². The molecule has 0 radical (unpaired) electrons. The smallest absolute Gasteiger partial charge is 0.322 e. The number of rotatable bonds is 9. The van der Waals surface area contributed by atoms with Gasteiger partial charge in [-0.1, -0.05) is 29.8 Å². The summed E-state index contributed by atoms with van der Waals surface area (Å²) in [5.74, 6) is -0.261. The molecule has 3 aromatic rings. The number of aromatic nitrogens is 1. The van der Waals surface area contributed by atoms with Crippen LogP contribution in [-0.2, 0) is 17.8 Å². The fourth-order valence-corrected chi connectivity index (χ4v) is 3.39. The largest absolute Gasteiger partial charge is 0.385 e. The number of carbonyl (C=O) groups is 1. The quantitative estimate of drug-likeness (QED) is 0.463. The zero-order chi connectivity index (χ0) is 21.3. The van der Waals surface area contributed by atoms with Crippen molar-refractivity contribution in [1.29, 1.82) is 0 Å². The minimum absolute atomic E-state index is 0.216. The number of nitrogens with one attached hydrogen (secondary N) is 1. The number of ether oxygens (including phenoxy) is 1. The molecule has 0 saturated heterocycles. The van der Waals surface area contributed by atoms with Gasteiger partial charge in [-0.3, -0.25) is 0 Å². The van der Waals surface area contributed by atoms with Gasteiger partial charge in [-0.15, -0.1) is 0 Å². The van der Waals surface area contributed by atoms with Crippen LogP contribution in [0.5, 0.6) is 0 Å². The molecule has 0 saturated carbocycles. The fraction of sp³-hybridized carbons (Fsp3) is 0.261. The predicted octanol–water partition coefficient (Wildman–Crippen LogP) is 5.40. The van der Waals surface area contributed by atoms with Crippen LogP contribution in [0.3, 0.4) is 0 Å². The number of hydrogen-bond acceptors (Lipinski definition) is 2. The molecule has 30 heavy (non-hydrogen) atoms. The molecule has 1 aromatic heterocycles. The highest BCUT2D eigenvalue weighted by Gasteiger charge is 2.16. The van der Waals surface area contributed by atoms with Crippen LogP contribution < -0.4 is 5.32 Å². The van der Waals surface area contributed by atoms with E-state index in [9.17, 15) is 9.18 Å². The summed E-state index contributed by atoms with van der Waals surface area (Å²) in [4.78, 5) is 14.7. The van der Waals surface area contributed by atoms with Gasteiger partial charge in [0.15, 0.2) is 0 Å². The Labute approximate surface area is 181 Å². The fourth-order valence-electron chi connectivity index (χ4n) is 3.20. The lowest BCUT2D eigenvalue weighted by Crippen LogP contribution is -2.36. The maximum absolute atomic E-state index is 13.5. The van der Waals surface area contributed by atoms with Crippen molar-refractivity contribution in [2.24, 2.45) is 0 Å². The van der Waals surface area contributed by atoms with E-state index in [0.29, 0.717) is 43.4 Å². The van der Waals surface area contributed by atoms with Crippen LogP contribution >= 0.6 is 11.6 Å². The molecular formula is C23H25ClFN3O2. The molecule has 0 aliphatic heterocycles. The van der Waals surface area contributed by atoms with Crippen LogP contribution in [0.25, 0.3) is 0 Å². The number of methoxy groups -OCH3 is 1. The van der Waals surface area contributed by atoms with E-state index >= 15 is 0 Å². The van der Waals surface area contributed by atoms with E-state index in [2.05, 4.69) is 5.32 Å². The zero-order valence-corrected chi connectivity index (χ0v) is 17.6. The van der Waals surface area contributed by atoms with Crippen molar-refractivity contribution in [2.45, 2.75) is 19.5 Å². The summed E-state index contributed by atoms with van der Waals surface area (Å²) in [7, 11) is 1.64. The Balaban J connectivity index is 1.73. The third kappa shape index (κ3) is 6.34. The maximum atomic E-state index is 13.5. The first-order valence-corrected chi connectivity index (χ1v) is 10.1. The molecule has 1 heterocycles. The molecule has 3 rings (SSSR count). The molecule has 2 aromatic carbocycles. The van der Waals surface area contributed by atoms with Gasteiger partial charge < -0.3 is 19.5 Å². The normalized spacial score (nSPS) is 10.8. The van der Waals surface area contributed by atoms with E-state index < -0.39 is 0 Å². The topological polar surface area (TPSA) is 46.5 Å². The Kier molecular flexibility index (Phi) is 7.88. The second-order valence-electron chi connectivity index (χ2n) is 6.97. The molecule has 0 aliphatic rings. The van der Waals surface area contributed by atoms with Gasteiger partial charge in [-0.25, -0.2) is 9.18 Å². The zero-order valence-electron chi connectivity index (χ0n) is 16.9. The third-order valence-electron chi connectivity index (χ3n) is 4.66. The van der Waals surface area contributed by atoms with Crippen LogP contribution in [-0.4, -0.2) is 35.8 Å². The van der Waals surface area contributed by atoms with Gasteiger partial charge in [0.25, 0.3) is 0 Å². The number of urea groups is 1. The van der Waals surface area contributed by atoms with Crippen LogP contribution in [0.4, 0.5) is 14.9 Å². The Bertz CT molecular complexity index is 976. The SMILES string of the molecule is COCCCN(Cc1cccn1Cc1cccc(F)c1)C(=O)Nc1cccc(Cl)c1. The first-order chi connectivity index (χ1) is 14.5. The summed E-state index contributed by atoms with van der Waals surface area (Å²) >= 11 is 6.02. The summed E-state index contributed by atoms with van der Waals surface area (Å²) in [6.07, 6.45) is 2.65. The standard InChI is InChI=1S/C23H25ClFN3O2/c1-30-13-5-12-28(23(29)26-21-9-3-7-19(24)15-21)17-22-10-4-11-27(22)16-18-6-2-8-20(25)14-18/h2-4,6-11,14-15H,5,12-13,16-17H2,1H3,(H,26,29). The summed E-state index contributed by atoms with van der Waals surface area (Å²) in [5.41, 5.74) is 2.46. The van der Waals surface area contributed by atoms with Crippen molar-refractivity contribution in [3.8, 4) is 0 Å². The van der Waals surface area contributed by atoms with Crippen LogP contribution in [0.15, 0.2) is 66.9 Å². The number of amides is 2. The van der Waals surface area contributed by atoms with E-state index in [4.69, 9.17) is 16.3 Å². The molecule has 158 valence electrons. The lowest BCUT2D eigenvalue weighted by Gasteiger charge is -2.24. The number of hydrogen-bond donors (Lipinski definition) is 1. The van der Waals surface area contributed by atoms with Crippen molar-refractivity contribution in [1.82, 2.24) is 9.47 Å². The number of nitrogens with zero attached hydrogens (tertiary/aromatic N) is 2. The first-order valence-electron chi connectivity index (χ1n) is 9.74. The van der Waals surface area contributed by atoms with Gasteiger partial charge in [0.05, 0.1) is 6.54 Å². The molecular weight excluding hydrogens is 405 g/mol. The summed E-state index contributed by atoms with van der Waals surface area (Å²) < 4.78 is 20.7.